The van der Waals surface area contributed by atoms with Crippen molar-refractivity contribution in [3.63, 3.8) is 0 Å². The molecule has 1 aliphatic rings. The first-order valence-corrected chi connectivity index (χ1v) is 8.08. The van der Waals surface area contributed by atoms with Gasteiger partial charge in [0.1, 0.15) is 5.82 Å². The Labute approximate surface area is 150 Å². The number of halogens is 1. The third-order valence-corrected chi connectivity index (χ3v) is 4.18. The maximum Gasteiger partial charge on any atom is 0.339 e. The Hall–Kier alpha value is -2.99. The fourth-order valence-electron chi connectivity index (χ4n) is 2.87. The molecule has 2 aromatic rings. The maximum atomic E-state index is 13.2. The van der Waals surface area contributed by atoms with Gasteiger partial charge in [-0.05, 0) is 36.8 Å². The van der Waals surface area contributed by atoms with Crippen molar-refractivity contribution in [3.8, 4) is 0 Å². The van der Waals surface area contributed by atoms with E-state index in [0.717, 1.165) is 5.56 Å². The fourth-order valence-corrected chi connectivity index (χ4v) is 2.87. The second-order valence-electron chi connectivity index (χ2n) is 6.28. The second kappa shape index (κ2) is 6.72. The van der Waals surface area contributed by atoms with Crippen molar-refractivity contribution in [2.24, 2.45) is 0 Å². The minimum atomic E-state index is -1.85. The lowest BCUT2D eigenvalue weighted by Gasteiger charge is -2.20. The molecule has 6 heteroatoms. The fraction of sp³-hybridized carbons (Fsp3) is 0.200. The van der Waals surface area contributed by atoms with E-state index in [2.05, 4.69) is 5.32 Å². The van der Waals surface area contributed by atoms with E-state index in [9.17, 15) is 19.1 Å². The Morgan fingerprint density at radius 1 is 1.15 bits per heavy atom. The molecule has 3 rings (SSSR count). The van der Waals surface area contributed by atoms with Crippen LogP contribution in [0.3, 0.4) is 0 Å². The normalized spacial score (nSPS) is 19.5. The zero-order valence-electron chi connectivity index (χ0n) is 14.4. The van der Waals surface area contributed by atoms with Gasteiger partial charge in [0.15, 0.2) is 0 Å². The molecule has 0 radical (unpaired) electrons. The van der Waals surface area contributed by atoms with E-state index in [4.69, 9.17) is 4.74 Å². The van der Waals surface area contributed by atoms with Crippen molar-refractivity contribution in [2.75, 3.05) is 6.54 Å². The van der Waals surface area contributed by atoms with Crippen LogP contribution in [0, 0.1) is 12.7 Å². The van der Waals surface area contributed by atoms with Gasteiger partial charge in [-0.15, -0.1) is 0 Å². The number of amides is 1. The standard InChI is InChI=1S/C20H18FNO4/c1-12-3-5-14(6-4-12)18(23)22-11-16-17(20(2,25)26-19(16)24)13-7-9-15(21)10-8-13/h3-10,25H,11H2,1-2H3,(H,22,23). The highest BCUT2D eigenvalue weighted by molar-refractivity contribution is 6.05. The smallest absolute Gasteiger partial charge is 0.339 e. The molecule has 1 heterocycles. The summed E-state index contributed by atoms with van der Waals surface area (Å²) in [5.74, 6) is -3.36. The lowest BCUT2D eigenvalue weighted by atomic mass is 9.95. The van der Waals surface area contributed by atoms with Gasteiger partial charge in [0, 0.05) is 18.1 Å². The van der Waals surface area contributed by atoms with Gasteiger partial charge in [0.25, 0.3) is 5.91 Å². The van der Waals surface area contributed by atoms with Crippen LogP contribution < -0.4 is 5.32 Å². The molecule has 5 nitrogen and oxygen atoms in total. The zero-order chi connectivity index (χ0) is 18.9. The van der Waals surface area contributed by atoms with E-state index in [1.54, 1.807) is 12.1 Å². The number of benzene rings is 2. The Kier molecular flexibility index (Phi) is 4.61. The first-order chi connectivity index (χ1) is 12.3. The van der Waals surface area contributed by atoms with E-state index in [1.807, 2.05) is 19.1 Å². The van der Waals surface area contributed by atoms with E-state index in [-0.39, 0.29) is 23.6 Å². The minimum absolute atomic E-state index is 0.117. The summed E-state index contributed by atoms with van der Waals surface area (Å²) in [6.07, 6.45) is 0. The predicted octanol–water partition coefficient (Wildman–Crippen LogP) is 2.58. The van der Waals surface area contributed by atoms with Crippen LogP contribution in [0.1, 0.15) is 28.4 Å². The van der Waals surface area contributed by atoms with Crippen LogP contribution >= 0.6 is 0 Å². The molecule has 1 atom stereocenters. The van der Waals surface area contributed by atoms with Crippen LogP contribution in [0.2, 0.25) is 0 Å². The van der Waals surface area contributed by atoms with Gasteiger partial charge in [-0.1, -0.05) is 29.8 Å². The van der Waals surface area contributed by atoms with Crippen LogP contribution in [0.15, 0.2) is 54.1 Å². The number of esters is 1. The van der Waals surface area contributed by atoms with Crippen LogP contribution in [-0.4, -0.2) is 29.3 Å². The first-order valence-electron chi connectivity index (χ1n) is 8.08. The van der Waals surface area contributed by atoms with Gasteiger partial charge < -0.3 is 15.2 Å². The molecular weight excluding hydrogens is 337 g/mol. The summed E-state index contributed by atoms with van der Waals surface area (Å²) in [7, 11) is 0. The van der Waals surface area contributed by atoms with E-state index in [1.165, 1.54) is 31.2 Å². The van der Waals surface area contributed by atoms with Gasteiger partial charge in [-0.3, -0.25) is 4.79 Å². The molecule has 0 aromatic heterocycles. The number of cyclic esters (lactones) is 1. The minimum Gasteiger partial charge on any atom is -0.426 e. The van der Waals surface area contributed by atoms with E-state index >= 15 is 0 Å². The van der Waals surface area contributed by atoms with Gasteiger partial charge in [0.05, 0.1) is 12.1 Å². The summed E-state index contributed by atoms with van der Waals surface area (Å²) in [6, 6.07) is 12.3. The Balaban J connectivity index is 1.88. The number of aliphatic hydroxyl groups is 1. The SMILES string of the molecule is Cc1ccc(C(=O)NCC2=C(c3ccc(F)cc3)C(C)(O)OC2=O)cc1. The van der Waals surface area contributed by atoms with Gasteiger partial charge in [-0.2, -0.15) is 0 Å². The number of carbonyl (C=O) groups excluding carboxylic acids is 2. The van der Waals surface area contributed by atoms with Crippen LogP contribution in [0.4, 0.5) is 4.39 Å². The number of aryl methyl sites for hydroxylation is 1. The molecule has 1 amide bonds. The molecule has 134 valence electrons. The lowest BCUT2D eigenvalue weighted by molar-refractivity contribution is -0.170. The summed E-state index contributed by atoms with van der Waals surface area (Å²) in [4.78, 5) is 24.4. The first kappa shape index (κ1) is 17.8. The quantitative estimate of drug-likeness (QED) is 0.827. The summed E-state index contributed by atoms with van der Waals surface area (Å²) >= 11 is 0. The Morgan fingerprint density at radius 2 is 1.77 bits per heavy atom. The number of rotatable bonds is 4. The van der Waals surface area contributed by atoms with Crippen molar-refractivity contribution >= 4 is 17.4 Å². The number of hydrogen-bond acceptors (Lipinski definition) is 4. The predicted molar refractivity (Wildman–Crippen MR) is 93.5 cm³/mol. The highest BCUT2D eigenvalue weighted by atomic mass is 19.1. The van der Waals surface area contributed by atoms with Crippen molar-refractivity contribution in [1.82, 2.24) is 5.32 Å². The summed E-state index contributed by atoms with van der Waals surface area (Å²) in [5, 5.41) is 13.1. The Bertz CT molecular complexity index is 883. The van der Waals surface area contributed by atoms with Gasteiger partial charge in [-0.25, -0.2) is 9.18 Å². The number of nitrogens with one attached hydrogen (secondary N) is 1. The molecular formula is C20H18FNO4. The largest absolute Gasteiger partial charge is 0.426 e. The molecule has 1 unspecified atom stereocenters. The zero-order valence-corrected chi connectivity index (χ0v) is 14.4. The van der Waals surface area contributed by atoms with E-state index in [0.29, 0.717) is 11.1 Å². The third-order valence-electron chi connectivity index (χ3n) is 4.18. The topological polar surface area (TPSA) is 75.6 Å². The van der Waals surface area contributed by atoms with E-state index < -0.39 is 17.6 Å². The van der Waals surface area contributed by atoms with Crippen LogP contribution in [0.25, 0.3) is 5.57 Å². The maximum absolute atomic E-state index is 13.2. The molecule has 0 saturated carbocycles. The highest BCUT2D eigenvalue weighted by Gasteiger charge is 2.43. The summed E-state index contributed by atoms with van der Waals surface area (Å²) in [6.45, 7) is 3.13. The van der Waals surface area contributed by atoms with Crippen LogP contribution in [0.5, 0.6) is 0 Å². The molecule has 2 N–H and O–H groups in total. The lowest BCUT2D eigenvalue weighted by Crippen LogP contribution is -2.27. The molecule has 26 heavy (non-hydrogen) atoms. The average molecular weight is 355 g/mol. The molecule has 0 fully saturated rings. The average Bonchev–Trinajstić information content (AvgIpc) is 2.82. The molecule has 2 aromatic carbocycles. The molecule has 0 aliphatic carbocycles. The van der Waals surface area contributed by atoms with Crippen molar-refractivity contribution < 1.29 is 23.8 Å². The number of ether oxygens (including phenoxy) is 1. The van der Waals surface area contributed by atoms with Crippen molar-refractivity contribution in [1.29, 1.82) is 0 Å². The van der Waals surface area contributed by atoms with Crippen molar-refractivity contribution in [3.05, 3.63) is 76.6 Å². The highest BCUT2D eigenvalue weighted by Crippen LogP contribution is 2.37. The Morgan fingerprint density at radius 3 is 2.38 bits per heavy atom. The van der Waals surface area contributed by atoms with Crippen molar-refractivity contribution in [2.45, 2.75) is 19.6 Å². The second-order valence-corrected chi connectivity index (χ2v) is 6.28. The number of carbonyl (C=O) groups is 2. The van der Waals surface area contributed by atoms with Gasteiger partial charge >= 0.3 is 5.97 Å². The molecule has 1 aliphatic heterocycles. The molecule has 0 bridgehead atoms. The number of hydrogen-bond donors (Lipinski definition) is 2. The summed E-state index contributed by atoms with van der Waals surface area (Å²) in [5.41, 5.74) is 2.27. The monoisotopic (exact) mass is 355 g/mol. The van der Waals surface area contributed by atoms with Gasteiger partial charge in [0.2, 0.25) is 5.79 Å². The van der Waals surface area contributed by atoms with Crippen LogP contribution in [-0.2, 0) is 9.53 Å². The summed E-state index contributed by atoms with van der Waals surface area (Å²) < 4.78 is 18.2. The molecule has 0 saturated heterocycles. The third kappa shape index (κ3) is 3.50. The molecule has 0 spiro atoms.